The second-order valence-corrected chi connectivity index (χ2v) is 28.0. The van der Waals surface area contributed by atoms with Crippen LogP contribution in [0.25, 0.3) is 72.0 Å². The molecule has 13 aromatic rings. The van der Waals surface area contributed by atoms with Gasteiger partial charge in [-0.05, 0) is 166 Å². The quantitative estimate of drug-likeness (QED) is 0.148. The third-order valence-electron chi connectivity index (χ3n) is 19.6. The van der Waals surface area contributed by atoms with Crippen LogP contribution in [0, 0.1) is 0 Å². The molecule has 1 aromatic heterocycles. The van der Waals surface area contributed by atoms with Crippen LogP contribution < -0.4 is 26.0 Å². The van der Waals surface area contributed by atoms with Crippen LogP contribution in [0.2, 0.25) is 0 Å². The smallest absolute Gasteiger partial charge is 0.256 e. The number of rotatable bonds is 7. The lowest BCUT2D eigenvalue weighted by molar-refractivity contribution is 0.486. The highest BCUT2D eigenvalue weighted by atomic mass is 16.5. The number of fused-ring (bicyclic) bond motifs is 10. The van der Waals surface area contributed by atoms with Gasteiger partial charge in [-0.2, -0.15) is 0 Å². The molecule has 0 saturated heterocycles. The van der Waals surface area contributed by atoms with E-state index in [2.05, 4.69) is 339 Å². The summed E-state index contributed by atoms with van der Waals surface area (Å²) in [4.78, 5) is 2.64. The van der Waals surface area contributed by atoms with Gasteiger partial charge in [0, 0.05) is 45.0 Å². The molecule has 12 aromatic carbocycles. The number of benzene rings is 12. The molecule has 0 bridgehead atoms. The zero-order valence-corrected chi connectivity index (χ0v) is 52.3. The SMILES string of the molecule is CC(C)(C)c1cc(-c2ccccc2)c(N2c3ccc(-c4ccccc4)cc3B3c4ccc(-n5c6ccc(C(C)(C)C)cc6c6cc(C(C)(C)C)ccc65)cc4Oc4cc(C5(c6ccccc6)c6ccccc6-c6ccccc65)cc2c43)c(-c2ccccc2)c1. The largest absolute Gasteiger partial charge is 0.458 e. The second kappa shape index (κ2) is 20.1. The molecular weight excluding hydrogens is 1080 g/mol. The minimum absolute atomic E-state index is 0.0227. The Hall–Kier alpha value is -9.90. The van der Waals surface area contributed by atoms with E-state index in [1.807, 2.05) is 0 Å². The molecule has 0 fully saturated rings. The van der Waals surface area contributed by atoms with Crippen molar-refractivity contribution < 1.29 is 4.74 Å². The second-order valence-electron chi connectivity index (χ2n) is 28.0. The predicted octanol–water partition coefficient (Wildman–Crippen LogP) is 20.4. The van der Waals surface area contributed by atoms with E-state index in [0.717, 1.165) is 61.9 Å². The first-order valence-electron chi connectivity index (χ1n) is 31.7. The van der Waals surface area contributed by atoms with Gasteiger partial charge in [-0.1, -0.05) is 263 Å². The van der Waals surface area contributed by atoms with Crippen molar-refractivity contribution >= 4 is 62.0 Å². The monoisotopic (exact) mass is 1150 g/mol. The zero-order valence-electron chi connectivity index (χ0n) is 52.3. The number of anilines is 3. The van der Waals surface area contributed by atoms with Gasteiger partial charge in [0.25, 0.3) is 6.71 Å². The van der Waals surface area contributed by atoms with E-state index in [1.54, 1.807) is 0 Å². The van der Waals surface area contributed by atoms with Crippen molar-refractivity contribution in [2.45, 2.75) is 84.0 Å². The van der Waals surface area contributed by atoms with Crippen LogP contribution in [-0.2, 0) is 21.7 Å². The fourth-order valence-electron chi connectivity index (χ4n) is 15.1. The summed E-state index contributed by atoms with van der Waals surface area (Å²) < 4.78 is 10.4. The molecule has 2 aliphatic heterocycles. The maximum absolute atomic E-state index is 7.94. The lowest BCUT2D eigenvalue weighted by Gasteiger charge is -2.43. The first-order valence-corrected chi connectivity index (χ1v) is 31.7. The highest BCUT2D eigenvalue weighted by Crippen LogP contribution is 2.59. The van der Waals surface area contributed by atoms with Crippen molar-refractivity contribution in [3.63, 3.8) is 0 Å². The highest BCUT2D eigenvalue weighted by molar-refractivity contribution is 6.99. The van der Waals surface area contributed by atoms with Gasteiger partial charge < -0.3 is 14.2 Å². The lowest BCUT2D eigenvalue weighted by atomic mass is 9.34. The zero-order chi connectivity index (χ0) is 60.7. The summed E-state index contributed by atoms with van der Waals surface area (Å²) in [6.45, 7) is 20.7. The fraction of sp³-hybridized carbons (Fsp3) is 0.153. The summed E-state index contributed by atoms with van der Waals surface area (Å²) >= 11 is 0. The van der Waals surface area contributed by atoms with Crippen molar-refractivity contribution in [1.82, 2.24) is 4.57 Å². The molecule has 0 amide bonds. The molecule has 0 N–H and O–H groups in total. The molecule has 430 valence electrons. The van der Waals surface area contributed by atoms with Crippen molar-refractivity contribution in [2.75, 3.05) is 4.90 Å². The molecule has 1 aliphatic carbocycles. The van der Waals surface area contributed by atoms with E-state index in [-0.39, 0.29) is 23.0 Å². The first kappa shape index (κ1) is 54.5. The summed E-state index contributed by atoms with van der Waals surface area (Å²) in [5.74, 6) is 1.71. The molecule has 89 heavy (non-hydrogen) atoms. The van der Waals surface area contributed by atoms with Crippen molar-refractivity contribution in [1.29, 1.82) is 0 Å². The van der Waals surface area contributed by atoms with E-state index < -0.39 is 5.41 Å². The molecule has 0 radical (unpaired) electrons. The van der Waals surface area contributed by atoms with E-state index in [0.29, 0.717) is 0 Å². The van der Waals surface area contributed by atoms with Gasteiger partial charge >= 0.3 is 0 Å². The van der Waals surface area contributed by atoms with Crippen LogP contribution in [0.5, 0.6) is 11.5 Å². The molecule has 3 heterocycles. The Morgan fingerprint density at radius 3 is 1.39 bits per heavy atom. The van der Waals surface area contributed by atoms with Gasteiger partial charge in [0.05, 0.1) is 22.1 Å². The summed E-state index contributed by atoms with van der Waals surface area (Å²) in [7, 11) is 0. The van der Waals surface area contributed by atoms with Gasteiger partial charge in [0.1, 0.15) is 11.5 Å². The molecule has 3 aliphatic rings. The van der Waals surface area contributed by atoms with Crippen molar-refractivity contribution in [2.24, 2.45) is 0 Å². The Kier molecular flexibility index (Phi) is 12.3. The standard InChI is InChI=1S/C85H71BN2O/c1-82(2,3)59-39-44-74-68(47-59)69-48-60(83(4,5)6)40-45-75(69)87(74)63-41-42-72-78(53-63)89-79-52-62(85(58-32-20-13-21-33-58)70-36-24-22-34-64(70)65-35-23-25-37-71(65)85)51-77-80(79)86(72)73-46-57(54-26-14-10-15-27-54)38-43-76(73)88(77)81-66(55-28-16-11-17-29-55)49-61(84(7,8)9)50-67(81)56-30-18-12-19-31-56/h10-53H,1-9H3. The summed E-state index contributed by atoms with van der Waals surface area (Å²) in [5, 5.41) is 2.52. The Bertz CT molecular complexity index is 4800. The van der Waals surface area contributed by atoms with Crippen LogP contribution in [0.4, 0.5) is 17.1 Å². The van der Waals surface area contributed by atoms with Crippen LogP contribution >= 0.6 is 0 Å². The summed E-state index contributed by atoms with van der Waals surface area (Å²) in [6.07, 6.45) is 0. The van der Waals surface area contributed by atoms with Crippen LogP contribution in [0.15, 0.2) is 267 Å². The van der Waals surface area contributed by atoms with Gasteiger partial charge in [-0.15, -0.1) is 0 Å². The van der Waals surface area contributed by atoms with E-state index in [4.69, 9.17) is 4.74 Å². The minimum atomic E-state index is -0.731. The molecule has 0 unspecified atom stereocenters. The van der Waals surface area contributed by atoms with E-state index in [9.17, 15) is 0 Å². The van der Waals surface area contributed by atoms with Gasteiger partial charge in [0.2, 0.25) is 0 Å². The molecular formula is C85H71BN2O. The maximum Gasteiger partial charge on any atom is 0.256 e. The Morgan fingerprint density at radius 1 is 0.348 bits per heavy atom. The molecule has 4 heteroatoms. The number of ether oxygens (including phenoxy) is 1. The normalized spacial score (nSPS) is 13.8. The van der Waals surface area contributed by atoms with Gasteiger partial charge in [-0.25, -0.2) is 0 Å². The highest BCUT2D eigenvalue weighted by Gasteiger charge is 2.50. The van der Waals surface area contributed by atoms with Crippen LogP contribution in [0.1, 0.15) is 101 Å². The van der Waals surface area contributed by atoms with Crippen LogP contribution in [-0.4, -0.2) is 11.3 Å². The number of hydrogen-bond donors (Lipinski definition) is 0. The third-order valence-corrected chi connectivity index (χ3v) is 19.6. The third kappa shape index (κ3) is 8.54. The molecule has 0 spiro atoms. The number of hydrogen-bond acceptors (Lipinski definition) is 2. The van der Waals surface area contributed by atoms with Crippen LogP contribution in [0.3, 0.4) is 0 Å². The number of nitrogens with zero attached hydrogens (tertiary/aromatic N) is 2. The fourth-order valence-corrected chi connectivity index (χ4v) is 15.1. The Labute approximate surface area is 524 Å². The predicted molar refractivity (Wildman–Crippen MR) is 376 cm³/mol. The average Bonchev–Trinajstić information content (AvgIpc) is 1.70. The van der Waals surface area contributed by atoms with E-state index >= 15 is 0 Å². The molecule has 0 saturated carbocycles. The van der Waals surface area contributed by atoms with Gasteiger partial charge in [0.15, 0.2) is 0 Å². The topological polar surface area (TPSA) is 17.4 Å². The van der Waals surface area contributed by atoms with Crippen molar-refractivity contribution in [3.05, 3.63) is 306 Å². The molecule has 0 atom stereocenters. The molecule has 16 rings (SSSR count). The number of aromatic nitrogens is 1. The Morgan fingerprint density at radius 2 is 0.854 bits per heavy atom. The van der Waals surface area contributed by atoms with Crippen molar-refractivity contribution in [3.8, 4) is 61.7 Å². The Balaban J connectivity index is 1.04. The van der Waals surface area contributed by atoms with E-state index in [1.165, 1.54) is 94.0 Å². The maximum atomic E-state index is 7.94. The lowest BCUT2D eigenvalue weighted by Crippen LogP contribution is -2.59. The first-order chi connectivity index (χ1) is 43.0. The van der Waals surface area contributed by atoms with Gasteiger partial charge in [-0.3, -0.25) is 0 Å². The average molecular weight is 1150 g/mol. The molecule has 3 nitrogen and oxygen atoms in total. The summed E-state index contributed by atoms with van der Waals surface area (Å²) in [6, 6.07) is 101. The minimum Gasteiger partial charge on any atom is -0.458 e. The summed E-state index contributed by atoms with van der Waals surface area (Å²) in [5.41, 5.74) is 27.6.